The number of aliphatic hydroxyl groups excluding tert-OH is 1. The van der Waals surface area contributed by atoms with Crippen molar-refractivity contribution in [1.82, 2.24) is 9.62 Å². The van der Waals surface area contributed by atoms with Gasteiger partial charge in [-0.25, -0.2) is 13.1 Å². The maximum Gasteiger partial charge on any atom is 0.208 e. The van der Waals surface area contributed by atoms with Gasteiger partial charge in [-0.3, -0.25) is 4.90 Å². The monoisotopic (exact) mass is 312 g/mol. The van der Waals surface area contributed by atoms with E-state index in [1.54, 1.807) is 0 Å². The molecular weight excluding hydrogens is 288 g/mol. The third-order valence-corrected chi connectivity index (χ3v) is 4.64. The Morgan fingerprint density at radius 2 is 2.10 bits per heavy atom. The van der Waals surface area contributed by atoms with Crippen LogP contribution in [0.5, 0.6) is 0 Å². The highest BCUT2D eigenvalue weighted by atomic mass is 32.2. The highest BCUT2D eigenvalue weighted by molar-refractivity contribution is 7.88. The summed E-state index contributed by atoms with van der Waals surface area (Å²) in [4.78, 5) is 2.28. The largest absolute Gasteiger partial charge is 0.396 e. The zero-order valence-electron chi connectivity index (χ0n) is 12.5. The van der Waals surface area contributed by atoms with E-state index < -0.39 is 10.0 Å². The van der Waals surface area contributed by atoms with Crippen molar-refractivity contribution in [3.63, 3.8) is 0 Å². The van der Waals surface area contributed by atoms with Crippen molar-refractivity contribution in [2.75, 3.05) is 32.5 Å². The maximum absolute atomic E-state index is 11.2. The average molecular weight is 312 g/mol. The molecule has 0 heterocycles. The van der Waals surface area contributed by atoms with Crippen LogP contribution in [0, 0.1) is 0 Å². The molecule has 0 aromatic heterocycles. The number of hydrogen-bond acceptors (Lipinski definition) is 4. The molecule has 0 fully saturated rings. The molecule has 1 aliphatic rings. The second-order valence-electron chi connectivity index (χ2n) is 5.53. The van der Waals surface area contributed by atoms with Crippen LogP contribution in [0.3, 0.4) is 0 Å². The molecule has 1 aliphatic carbocycles. The number of hydrogen-bond donors (Lipinski definition) is 2. The minimum Gasteiger partial charge on any atom is -0.396 e. The first kappa shape index (κ1) is 16.4. The lowest BCUT2D eigenvalue weighted by molar-refractivity contribution is 0.176. The van der Waals surface area contributed by atoms with Gasteiger partial charge in [0.05, 0.1) is 6.26 Å². The normalized spacial score (nSPS) is 18.1. The van der Waals surface area contributed by atoms with Crippen LogP contribution >= 0.6 is 0 Å². The molecule has 0 saturated carbocycles. The van der Waals surface area contributed by atoms with E-state index in [0.717, 1.165) is 19.4 Å². The summed E-state index contributed by atoms with van der Waals surface area (Å²) in [7, 11) is -3.15. The van der Waals surface area contributed by atoms with Gasteiger partial charge < -0.3 is 5.11 Å². The van der Waals surface area contributed by atoms with Gasteiger partial charge in [-0.05, 0) is 30.4 Å². The van der Waals surface area contributed by atoms with Gasteiger partial charge in [0.2, 0.25) is 10.0 Å². The predicted octanol–water partition coefficient (Wildman–Crippen LogP) is 0.907. The lowest BCUT2D eigenvalue weighted by atomic mass is 10.1. The minimum absolute atomic E-state index is 0.157. The van der Waals surface area contributed by atoms with Gasteiger partial charge in [0.15, 0.2) is 0 Å². The fraction of sp³-hybridized carbons (Fsp3) is 0.600. The smallest absolute Gasteiger partial charge is 0.208 e. The molecule has 0 spiro atoms. The third kappa shape index (κ3) is 4.78. The van der Waals surface area contributed by atoms with E-state index in [1.807, 2.05) is 0 Å². The van der Waals surface area contributed by atoms with E-state index in [0.29, 0.717) is 25.6 Å². The highest BCUT2D eigenvalue weighted by Crippen LogP contribution is 2.35. The summed E-state index contributed by atoms with van der Waals surface area (Å²) in [5.41, 5.74) is 2.72. The van der Waals surface area contributed by atoms with Gasteiger partial charge in [-0.1, -0.05) is 24.3 Å². The molecular formula is C15H24N2O3S. The summed E-state index contributed by atoms with van der Waals surface area (Å²) in [5.74, 6) is 0. The number of nitrogens with one attached hydrogen (secondary N) is 1. The Bertz CT molecular complexity index is 560. The van der Waals surface area contributed by atoms with E-state index in [4.69, 9.17) is 5.11 Å². The Balaban J connectivity index is 2.03. The van der Waals surface area contributed by atoms with Crippen LogP contribution in [-0.4, -0.2) is 50.9 Å². The van der Waals surface area contributed by atoms with Crippen LogP contribution in [-0.2, 0) is 16.4 Å². The van der Waals surface area contributed by atoms with Gasteiger partial charge in [0.25, 0.3) is 0 Å². The molecule has 21 heavy (non-hydrogen) atoms. The molecule has 118 valence electrons. The number of fused-ring (bicyclic) bond motifs is 1. The van der Waals surface area contributed by atoms with Crippen LogP contribution in [0.1, 0.15) is 30.0 Å². The second kappa shape index (κ2) is 7.35. The SMILES string of the molecule is CS(=O)(=O)NCCN(CCCO)[C@@H]1CCc2ccccc21. The lowest BCUT2D eigenvalue weighted by Crippen LogP contribution is -2.37. The molecule has 2 rings (SSSR count). The Kier molecular flexibility index (Phi) is 5.75. The Morgan fingerprint density at radius 3 is 2.81 bits per heavy atom. The molecule has 0 bridgehead atoms. The number of nitrogens with zero attached hydrogens (tertiary/aromatic N) is 1. The van der Waals surface area contributed by atoms with Crippen LogP contribution < -0.4 is 4.72 Å². The standard InChI is InChI=1S/C15H24N2O3S/c1-21(19,20)16-9-11-17(10-4-12-18)15-8-7-13-5-2-3-6-14(13)15/h2-3,5-6,15-16,18H,4,7-12H2,1H3/t15-/m1/s1. The van der Waals surface area contributed by atoms with Crippen molar-refractivity contribution in [2.45, 2.75) is 25.3 Å². The number of sulfonamides is 1. The summed E-state index contributed by atoms with van der Waals surface area (Å²) >= 11 is 0. The molecule has 0 amide bonds. The third-order valence-electron chi connectivity index (χ3n) is 3.91. The average Bonchev–Trinajstić information content (AvgIpc) is 2.85. The van der Waals surface area contributed by atoms with Crippen molar-refractivity contribution >= 4 is 10.0 Å². The Morgan fingerprint density at radius 1 is 1.33 bits per heavy atom. The maximum atomic E-state index is 11.2. The van der Waals surface area contributed by atoms with Gasteiger partial charge in [0, 0.05) is 32.3 Å². The summed E-state index contributed by atoms with van der Waals surface area (Å²) in [6.45, 7) is 2.00. The van der Waals surface area contributed by atoms with Crippen LogP contribution in [0.2, 0.25) is 0 Å². The molecule has 2 N–H and O–H groups in total. The zero-order valence-corrected chi connectivity index (χ0v) is 13.3. The summed E-state index contributed by atoms with van der Waals surface area (Å²) in [6, 6.07) is 8.76. The van der Waals surface area contributed by atoms with E-state index in [9.17, 15) is 8.42 Å². The summed E-state index contributed by atoms with van der Waals surface area (Å²) < 4.78 is 24.9. The molecule has 0 saturated heterocycles. The zero-order chi connectivity index (χ0) is 15.3. The van der Waals surface area contributed by atoms with Crippen LogP contribution in [0.15, 0.2) is 24.3 Å². The topological polar surface area (TPSA) is 69.6 Å². The molecule has 0 radical (unpaired) electrons. The summed E-state index contributed by atoms with van der Waals surface area (Å²) in [5, 5.41) is 9.07. The first-order valence-corrected chi connectivity index (χ1v) is 9.28. The van der Waals surface area contributed by atoms with E-state index in [1.165, 1.54) is 17.4 Å². The fourth-order valence-corrected chi connectivity index (χ4v) is 3.45. The quantitative estimate of drug-likeness (QED) is 0.748. The number of aliphatic hydroxyl groups is 1. The number of benzene rings is 1. The van der Waals surface area contributed by atoms with Crippen molar-refractivity contribution in [2.24, 2.45) is 0 Å². The molecule has 0 aliphatic heterocycles. The molecule has 0 unspecified atom stereocenters. The predicted molar refractivity (Wildman–Crippen MR) is 83.6 cm³/mol. The van der Waals surface area contributed by atoms with Crippen molar-refractivity contribution in [3.8, 4) is 0 Å². The number of rotatable bonds is 8. The van der Waals surface area contributed by atoms with Crippen LogP contribution in [0.4, 0.5) is 0 Å². The lowest BCUT2D eigenvalue weighted by Gasteiger charge is -2.29. The molecule has 1 aromatic rings. The van der Waals surface area contributed by atoms with E-state index in [-0.39, 0.29) is 6.61 Å². The highest BCUT2D eigenvalue weighted by Gasteiger charge is 2.27. The molecule has 1 aromatic carbocycles. The van der Waals surface area contributed by atoms with Crippen molar-refractivity contribution in [3.05, 3.63) is 35.4 Å². The Labute approximate surface area is 127 Å². The number of aryl methyl sites for hydroxylation is 1. The first-order chi connectivity index (χ1) is 10.0. The van der Waals surface area contributed by atoms with Gasteiger partial charge >= 0.3 is 0 Å². The second-order valence-corrected chi connectivity index (χ2v) is 7.37. The van der Waals surface area contributed by atoms with Gasteiger partial charge in [-0.2, -0.15) is 0 Å². The first-order valence-electron chi connectivity index (χ1n) is 7.38. The molecule has 6 heteroatoms. The minimum atomic E-state index is -3.15. The van der Waals surface area contributed by atoms with Gasteiger partial charge in [-0.15, -0.1) is 0 Å². The van der Waals surface area contributed by atoms with Gasteiger partial charge in [0.1, 0.15) is 0 Å². The fourth-order valence-electron chi connectivity index (χ4n) is 2.99. The van der Waals surface area contributed by atoms with Crippen LogP contribution in [0.25, 0.3) is 0 Å². The van der Waals surface area contributed by atoms with E-state index in [2.05, 4.69) is 33.9 Å². The molecule has 1 atom stereocenters. The van der Waals surface area contributed by atoms with Crippen molar-refractivity contribution in [1.29, 1.82) is 0 Å². The molecule has 5 nitrogen and oxygen atoms in total. The summed E-state index contributed by atoms with van der Waals surface area (Å²) in [6.07, 6.45) is 4.01. The van der Waals surface area contributed by atoms with Crippen molar-refractivity contribution < 1.29 is 13.5 Å². The van der Waals surface area contributed by atoms with E-state index >= 15 is 0 Å². The Hall–Kier alpha value is -0.950.